The van der Waals surface area contributed by atoms with E-state index in [9.17, 15) is 21.6 Å². The molecule has 3 rings (SSSR count). The molecule has 0 saturated carbocycles. The predicted molar refractivity (Wildman–Crippen MR) is 80.3 cm³/mol. The second-order valence-corrected chi connectivity index (χ2v) is 7.70. The van der Waals surface area contributed by atoms with Crippen molar-refractivity contribution in [3.63, 3.8) is 0 Å². The molecule has 2 heterocycles. The third kappa shape index (κ3) is 4.25. The summed E-state index contributed by atoms with van der Waals surface area (Å²) in [7, 11) is -4.00. The van der Waals surface area contributed by atoms with Gasteiger partial charge in [0.15, 0.2) is 6.29 Å². The second-order valence-electron chi connectivity index (χ2n) is 5.81. The zero-order chi connectivity index (χ0) is 18.1. The number of hydrogen-bond acceptors (Lipinski definition) is 5. The molecular formula is C15H18F3NO5S. The van der Waals surface area contributed by atoms with Crippen LogP contribution in [-0.2, 0) is 19.5 Å². The average molecular weight is 381 g/mol. The molecule has 10 heteroatoms. The van der Waals surface area contributed by atoms with Crippen molar-refractivity contribution in [2.24, 2.45) is 0 Å². The third-order valence-electron chi connectivity index (χ3n) is 4.11. The molecule has 25 heavy (non-hydrogen) atoms. The Kier molecular flexibility index (Phi) is 5.24. The molecule has 0 aromatic heterocycles. The molecule has 2 aliphatic heterocycles. The van der Waals surface area contributed by atoms with Gasteiger partial charge in [-0.05, 0) is 25.0 Å². The highest BCUT2D eigenvalue weighted by molar-refractivity contribution is 7.89. The maximum Gasteiger partial charge on any atom is 0.573 e. The van der Waals surface area contributed by atoms with E-state index < -0.39 is 34.5 Å². The van der Waals surface area contributed by atoms with Crippen LogP contribution in [0, 0.1) is 0 Å². The topological polar surface area (TPSA) is 65.1 Å². The van der Waals surface area contributed by atoms with E-state index in [1.54, 1.807) is 0 Å². The summed E-state index contributed by atoms with van der Waals surface area (Å²) in [5.41, 5.74) is 0. The Labute approximate surface area is 143 Å². The first kappa shape index (κ1) is 18.4. The van der Waals surface area contributed by atoms with Gasteiger partial charge in [-0.15, -0.1) is 13.2 Å². The van der Waals surface area contributed by atoms with Crippen molar-refractivity contribution in [3.8, 4) is 5.75 Å². The number of alkyl halides is 3. The fourth-order valence-electron chi connectivity index (χ4n) is 3.07. The molecule has 0 bridgehead atoms. The summed E-state index contributed by atoms with van der Waals surface area (Å²) in [6.45, 7) is 1.05. The van der Waals surface area contributed by atoms with Gasteiger partial charge in [-0.3, -0.25) is 0 Å². The summed E-state index contributed by atoms with van der Waals surface area (Å²) in [5, 5.41) is 0. The number of halogens is 3. The first-order chi connectivity index (χ1) is 11.8. The molecule has 2 fully saturated rings. The number of hydrogen-bond donors (Lipinski definition) is 0. The number of piperidine rings is 1. The maximum atomic E-state index is 13.0. The molecule has 0 N–H and O–H groups in total. The van der Waals surface area contributed by atoms with Gasteiger partial charge in [0.05, 0.1) is 24.2 Å². The summed E-state index contributed by atoms with van der Waals surface area (Å²) < 4.78 is 79.0. The summed E-state index contributed by atoms with van der Waals surface area (Å²) in [5.74, 6) is -0.574. The summed E-state index contributed by atoms with van der Waals surface area (Å²) in [6.07, 6.45) is -3.47. The minimum atomic E-state index is -4.89. The molecule has 0 spiro atoms. The normalized spacial score (nSPS) is 23.7. The number of ether oxygens (including phenoxy) is 3. The van der Waals surface area contributed by atoms with Crippen LogP contribution in [0.25, 0.3) is 0 Å². The van der Waals surface area contributed by atoms with E-state index in [4.69, 9.17) is 9.47 Å². The number of benzene rings is 1. The molecule has 0 radical (unpaired) electrons. The second kappa shape index (κ2) is 7.10. The maximum absolute atomic E-state index is 13.0. The van der Waals surface area contributed by atoms with Gasteiger partial charge in [0.1, 0.15) is 5.75 Å². The van der Waals surface area contributed by atoms with Crippen LogP contribution in [0.3, 0.4) is 0 Å². The van der Waals surface area contributed by atoms with Crippen LogP contribution in [0.4, 0.5) is 13.2 Å². The first-order valence-corrected chi connectivity index (χ1v) is 9.32. The molecular weight excluding hydrogens is 363 g/mol. The number of sulfonamides is 1. The lowest BCUT2D eigenvalue weighted by Gasteiger charge is -2.36. The fourth-order valence-corrected chi connectivity index (χ4v) is 4.78. The molecule has 0 aliphatic carbocycles. The highest BCUT2D eigenvalue weighted by Crippen LogP contribution is 2.32. The standard InChI is InChI=1S/C15H18F3NO5S/c16-15(17,18)24-11-4-3-5-12(10-11)25(20,21)19-7-2-1-6-13(19)14-22-8-9-23-14/h3-5,10,13-14H,1-2,6-9H2. The lowest BCUT2D eigenvalue weighted by Crippen LogP contribution is -2.50. The molecule has 140 valence electrons. The van der Waals surface area contributed by atoms with Crippen molar-refractivity contribution in [3.05, 3.63) is 24.3 Å². The zero-order valence-corrected chi connectivity index (χ0v) is 14.1. The van der Waals surface area contributed by atoms with Crippen molar-refractivity contribution >= 4 is 10.0 Å². The Balaban J connectivity index is 1.87. The molecule has 1 atom stereocenters. The van der Waals surface area contributed by atoms with Gasteiger partial charge in [-0.2, -0.15) is 4.31 Å². The van der Waals surface area contributed by atoms with Gasteiger partial charge < -0.3 is 14.2 Å². The van der Waals surface area contributed by atoms with Gasteiger partial charge in [-0.1, -0.05) is 12.5 Å². The Hall–Kier alpha value is -1.36. The molecule has 0 amide bonds. The van der Waals surface area contributed by atoms with Gasteiger partial charge in [0.2, 0.25) is 10.0 Å². The highest BCUT2D eigenvalue weighted by atomic mass is 32.2. The zero-order valence-electron chi connectivity index (χ0n) is 13.2. The van der Waals surface area contributed by atoms with Crippen molar-refractivity contribution in [2.75, 3.05) is 19.8 Å². The summed E-state index contributed by atoms with van der Waals surface area (Å²) in [6, 6.07) is 3.91. The van der Waals surface area contributed by atoms with Crippen LogP contribution in [0.5, 0.6) is 5.75 Å². The fraction of sp³-hybridized carbons (Fsp3) is 0.600. The van der Waals surface area contributed by atoms with Crippen LogP contribution in [0.2, 0.25) is 0 Å². The van der Waals surface area contributed by atoms with E-state index in [2.05, 4.69) is 4.74 Å². The van der Waals surface area contributed by atoms with Crippen LogP contribution in [0.15, 0.2) is 29.2 Å². The van der Waals surface area contributed by atoms with Gasteiger partial charge >= 0.3 is 6.36 Å². The first-order valence-electron chi connectivity index (χ1n) is 7.88. The van der Waals surface area contributed by atoms with Crippen LogP contribution >= 0.6 is 0 Å². The highest BCUT2D eigenvalue weighted by Gasteiger charge is 2.40. The van der Waals surface area contributed by atoms with E-state index in [0.717, 1.165) is 18.6 Å². The van der Waals surface area contributed by atoms with E-state index in [1.807, 2.05) is 0 Å². The van der Waals surface area contributed by atoms with E-state index in [-0.39, 0.29) is 11.4 Å². The van der Waals surface area contributed by atoms with Crippen LogP contribution < -0.4 is 4.74 Å². The Bertz CT molecular complexity index is 703. The Morgan fingerprint density at radius 3 is 2.56 bits per heavy atom. The van der Waals surface area contributed by atoms with Crippen LogP contribution in [-0.4, -0.2) is 51.2 Å². The summed E-state index contributed by atoms with van der Waals surface area (Å²) >= 11 is 0. The van der Waals surface area contributed by atoms with Gasteiger partial charge in [0.25, 0.3) is 0 Å². The number of rotatable bonds is 4. The third-order valence-corrected chi connectivity index (χ3v) is 6.03. The SMILES string of the molecule is O=S(=O)(c1cccc(OC(F)(F)F)c1)N1CCCCC1C1OCCO1. The largest absolute Gasteiger partial charge is 0.573 e. The monoisotopic (exact) mass is 381 g/mol. The molecule has 1 aromatic rings. The van der Waals surface area contributed by atoms with Gasteiger partial charge in [-0.25, -0.2) is 8.42 Å². The lowest BCUT2D eigenvalue weighted by molar-refractivity contribution is -0.274. The van der Waals surface area contributed by atoms with E-state index in [1.165, 1.54) is 16.4 Å². The number of nitrogens with zero attached hydrogens (tertiary/aromatic N) is 1. The Morgan fingerprint density at radius 1 is 1.16 bits per heavy atom. The van der Waals surface area contributed by atoms with Crippen LogP contribution in [0.1, 0.15) is 19.3 Å². The van der Waals surface area contributed by atoms with Gasteiger partial charge in [0, 0.05) is 12.6 Å². The molecule has 6 nitrogen and oxygen atoms in total. The average Bonchev–Trinajstić information content (AvgIpc) is 3.08. The minimum Gasteiger partial charge on any atom is -0.406 e. The van der Waals surface area contributed by atoms with Crippen molar-refractivity contribution < 1.29 is 35.8 Å². The Morgan fingerprint density at radius 2 is 1.88 bits per heavy atom. The van der Waals surface area contributed by atoms with Crippen molar-refractivity contribution in [1.82, 2.24) is 4.31 Å². The molecule has 1 unspecified atom stereocenters. The van der Waals surface area contributed by atoms with Crippen molar-refractivity contribution in [2.45, 2.75) is 42.9 Å². The van der Waals surface area contributed by atoms with E-state index in [0.29, 0.717) is 26.1 Å². The quantitative estimate of drug-likeness (QED) is 0.802. The summed E-state index contributed by atoms with van der Waals surface area (Å²) in [4.78, 5) is -0.251. The van der Waals surface area contributed by atoms with E-state index >= 15 is 0 Å². The molecule has 2 saturated heterocycles. The molecule has 1 aromatic carbocycles. The smallest absolute Gasteiger partial charge is 0.406 e. The van der Waals surface area contributed by atoms with Crippen molar-refractivity contribution in [1.29, 1.82) is 0 Å². The lowest BCUT2D eigenvalue weighted by atomic mass is 10.0. The minimum absolute atomic E-state index is 0.251. The predicted octanol–water partition coefficient (Wildman–Crippen LogP) is 2.50. The molecule has 2 aliphatic rings.